The Morgan fingerprint density at radius 3 is 2.88 bits per heavy atom. The Bertz CT molecular complexity index is 784. The lowest BCUT2D eigenvalue weighted by Crippen LogP contribution is -2.17. The van der Waals surface area contributed by atoms with Crippen molar-refractivity contribution in [2.45, 2.75) is 45.3 Å². The van der Waals surface area contributed by atoms with E-state index in [1.807, 2.05) is 19.9 Å². The monoisotopic (exact) mass is 324 g/mol. The van der Waals surface area contributed by atoms with Gasteiger partial charge in [0.15, 0.2) is 0 Å². The van der Waals surface area contributed by atoms with E-state index < -0.39 is 0 Å². The lowest BCUT2D eigenvalue weighted by Gasteiger charge is -2.17. The van der Waals surface area contributed by atoms with Gasteiger partial charge in [-0.15, -0.1) is 0 Å². The second kappa shape index (κ2) is 7.01. The molecule has 0 saturated heterocycles. The SMILES string of the molecule is C=NN/C(=C\C)c1ccc2c(N[C@@H]3CC[C@H](O)C3)cc(C)nc2c1. The summed E-state index contributed by atoms with van der Waals surface area (Å²) in [7, 11) is 0. The Morgan fingerprint density at radius 1 is 1.38 bits per heavy atom. The van der Waals surface area contributed by atoms with Crippen LogP contribution in [0.5, 0.6) is 0 Å². The molecule has 1 aromatic carbocycles. The van der Waals surface area contributed by atoms with E-state index in [-0.39, 0.29) is 6.10 Å². The molecule has 0 bridgehead atoms. The van der Waals surface area contributed by atoms with Gasteiger partial charge >= 0.3 is 0 Å². The number of allylic oxidation sites excluding steroid dienone is 1. The largest absolute Gasteiger partial charge is 0.393 e. The van der Waals surface area contributed by atoms with Gasteiger partial charge in [-0.1, -0.05) is 18.2 Å². The lowest BCUT2D eigenvalue weighted by molar-refractivity contribution is 0.182. The van der Waals surface area contributed by atoms with Crippen LogP contribution in [0.2, 0.25) is 0 Å². The molecular weight excluding hydrogens is 300 g/mol. The van der Waals surface area contributed by atoms with Crippen LogP contribution in [0.15, 0.2) is 35.4 Å². The van der Waals surface area contributed by atoms with E-state index >= 15 is 0 Å². The van der Waals surface area contributed by atoms with E-state index in [0.29, 0.717) is 6.04 Å². The summed E-state index contributed by atoms with van der Waals surface area (Å²) in [6.45, 7) is 7.44. The fraction of sp³-hybridized carbons (Fsp3) is 0.368. The van der Waals surface area contributed by atoms with Gasteiger partial charge in [0, 0.05) is 35.1 Å². The standard InChI is InChI=1S/C19H24N4O/c1-4-17(23-20-3)13-5-8-16-18(9-12(2)21-19(16)10-13)22-14-6-7-15(24)11-14/h4-5,8-10,14-15,23-24H,3,6-7,11H2,1-2H3,(H,21,22)/b17-4-/t14-,15+/m1/s1. The smallest absolute Gasteiger partial charge is 0.0732 e. The van der Waals surface area contributed by atoms with Gasteiger partial charge in [-0.3, -0.25) is 10.4 Å². The molecule has 2 aromatic rings. The number of aryl methyl sites for hydroxylation is 1. The highest BCUT2D eigenvalue weighted by molar-refractivity contribution is 5.93. The number of hydrazone groups is 1. The molecule has 3 rings (SSSR count). The van der Waals surface area contributed by atoms with Crippen LogP contribution in [0.3, 0.4) is 0 Å². The molecule has 1 aromatic heterocycles. The van der Waals surface area contributed by atoms with Gasteiger partial charge in [0.05, 0.1) is 17.3 Å². The maximum Gasteiger partial charge on any atom is 0.0732 e. The molecule has 3 N–H and O–H groups in total. The zero-order valence-corrected chi connectivity index (χ0v) is 14.2. The zero-order valence-electron chi connectivity index (χ0n) is 14.2. The number of hydrogen-bond acceptors (Lipinski definition) is 5. The maximum atomic E-state index is 9.74. The van der Waals surface area contributed by atoms with E-state index in [4.69, 9.17) is 0 Å². The summed E-state index contributed by atoms with van der Waals surface area (Å²) in [4.78, 5) is 4.67. The van der Waals surface area contributed by atoms with Crippen molar-refractivity contribution in [2.24, 2.45) is 5.10 Å². The number of aliphatic hydroxyl groups excluding tert-OH is 1. The first-order valence-electron chi connectivity index (χ1n) is 8.35. The number of benzene rings is 1. The van der Waals surface area contributed by atoms with Crippen LogP contribution in [0.25, 0.3) is 16.6 Å². The lowest BCUT2D eigenvalue weighted by atomic mass is 10.1. The number of pyridine rings is 1. The number of nitrogens with zero attached hydrogens (tertiary/aromatic N) is 2. The van der Waals surface area contributed by atoms with Crippen molar-refractivity contribution in [3.05, 3.63) is 41.6 Å². The quantitative estimate of drug-likeness (QED) is 0.582. The zero-order chi connectivity index (χ0) is 17.1. The van der Waals surface area contributed by atoms with E-state index in [2.05, 4.69) is 51.8 Å². The molecule has 126 valence electrons. The third-order valence-corrected chi connectivity index (χ3v) is 4.50. The number of fused-ring (bicyclic) bond motifs is 1. The van der Waals surface area contributed by atoms with Crippen LogP contribution < -0.4 is 10.7 Å². The summed E-state index contributed by atoms with van der Waals surface area (Å²) >= 11 is 0. The topological polar surface area (TPSA) is 69.5 Å². The molecule has 0 spiro atoms. The van der Waals surface area contributed by atoms with Crippen molar-refractivity contribution in [1.29, 1.82) is 0 Å². The molecule has 0 amide bonds. The summed E-state index contributed by atoms with van der Waals surface area (Å²) in [6, 6.07) is 8.60. The highest BCUT2D eigenvalue weighted by atomic mass is 16.3. The number of rotatable bonds is 5. The second-order valence-corrected chi connectivity index (χ2v) is 6.32. The van der Waals surface area contributed by atoms with Crippen molar-refractivity contribution < 1.29 is 5.11 Å². The van der Waals surface area contributed by atoms with E-state index in [0.717, 1.165) is 52.8 Å². The van der Waals surface area contributed by atoms with Crippen molar-refractivity contribution in [2.75, 3.05) is 5.32 Å². The minimum Gasteiger partial charge on any atom is -0.393 e. The molecule has 0 unspecified atom stereocenters. The van der Waals surface area contributed by atoms with Crippen LogP contribution in [-0.2, 0) is 0 Å². The summed E-state index contributed by atoms with van der Waals surface area (Å²) in [5, 5.41) is 18.2. The van der Waals surface area contributed by atoms with Crippen molar-refractivity contribution in [1.82, 2.24) is 10.4 Å². The van der Waals surface area contributed by atoms with Crippen LogP contribution in [0.1, 0.15) is 37.4 Å². The molecule has 5 heteroatoms. The van der Waals surface area contributed by atoms with Crippen molar-refractivity contribution in [3.8, 4) is 0 Å². The average Bonchev–Trinajstić information content (AvgIpc) is 2.96. The van der Waals surface area contributed by atoms with Gasteiger partial charge < -0.3 is 10.4 Å². The molecule has 2 atom stereocenters. The van der Waals surface area contributed by atoms with Crippen LogP contribution in [-0.4, -0.2) is 29.0 Å². The normalized spacial score (nSPS) is 21.0. The van der Waals surface area contributed by atoms with Gasteiger partial charge in [0.25, 0.3) is 0 Å². The minimum atomic E-state index is -0.182. The van der Waals surface area contributed by atoms with E-state index in [1.54, 1.807) is 0 Å². The van der Waals surface area contributed by atoms with Crippen molar-refractivity contribution in [3.63, 3.8) is 0 Å². The first-order valence-corrected chi connectivity index (χ1v) is 8.35. The van der Waals surface area contributed by atoms with Gasteiger partial charge in [-0.2, -0.15) is 5.10 Å². The number of aromatic nitrogens is 1. The molecule has 1 heterocycles. The first-order chi connectivity index (χ1) is 11.6. The summed E-state index contributed by atoms with van der Waals surface area (Å²) in [5.41, 5.74) is 7.84. The summed E-state index contributed by atoms with van der Waals surface area (Å²) in [5.74, 6) is 0. The van der Waals surface area contributed by atoms with E-state index in [9.17, 15) is 5.11 Å². The van der Waals surface area contributed by atoms with Crippen LogP contribution in [0.4, 0.5) is 5.69 Å². The van der Waals surface area contributed by atoms with Crippen LogP contribution >= 0.6 is 0 Å². The fourth-order valence-corrected chi connectivity index (χ4v) is 3.34. The highest BCUT2D eigenvalue weighted by Crippen LogP contribution is 2.29. The van der Waals surface area contributed by atoms with Gasteiger partial charge in [-0.25, -0.2) is 0 Å². The van der Waals surface area contributed by atoms with E-state index in [1.165, 1.54) is 0 Å². The molecule has 0 aliphatic heterocycles. The second-order valence-electron chi connectivity index (χ2n) is 6.32. The Hall–Kier alpha value is -2.40. The number of aliphatic hydroxyl groups is 1. The molecule has 24 heavy (non-hydrogen) atoms. The van der Waals surface area contributed by atoms with Gasteiger partial charge in [0.2, 0.25) is 0 Å². The summed E-state index contributed by atoms with van der Waals surface area (Å²) < 4.78 is 0. The Morgan fingerprint density at radius 2 is 2.21 bits per heavy atom. The molecule has 1 aliphatic carbocycles. The van der Waals surface area contributed by atoms with Gasteiger partial charge in [0.1, 0.15) is 0 Å². The first kappa shape index (κ1) is 16.5. The number of anilines is 1. The minimum absolute atomic E-state index is 0.182. The molecule has 0 radical (unpaired) electrons. The molecule has 1 aliphatic rings. The highest BCUT2D eigenvalue weighted by Gasteiger charge is 2.23. The number of nitrogens with one attached hydrogen (secondary N) is 2. The maximum absolute atomic E-state index is 9.74. The number of hydrogen-bond donors (Lipinski definition) is 3. The predicted octanol–water partition coefficient (Wildman–Crippen LogP) is 3.43. The molecule has 1 fully saturated rings. The fourth-order valence-electron chi connectivity index (χ4n) is 3.34. The third kappa shape index (κ3) is 3.41. The molecule has 1 saturated carbocycles. The third-order valence-electron chi connectivity index (χ3n) is 4.50. The average molecular weight is 324 g/mol. The Kier molecular flexibility index (Phi) is 4.81. The Balaban J connectivity index is 1.97. The Labute approximate surface area is 142 Å². The van der Waals surface area contributed by atoms with Gasteiger partial charge in [-0.05, 0) is 45.2 Å². The van der Waals surface area contributed by atoms with Crippen LogP contribution in [0, 0.1) is 6.92 Å². The predicted molar refractivity (Wildman–Crippen MR) is 100 cm³/mol. The molecule has 5 nitrogen and oxygen atoms in total. The molecular formula is C19H24N4O. The summed E-state index contributed by atoms with van der Waals surface area (Å²) in [6.07, 6.45) is 4.45. The van der Waals surface area contributed by atoms with Crippen molar-refractivity contribution >= 4 is 29.0 Å².